The molecule has 1 amide bonds. The lowest BCUT2D eigenvalue weighted by molar-refractivity contribution is -0.116. The second kappa shape index (κ2) is 6.64. The highest BCUT2D eigenvalue weighted by atomic mass is 35.5. The van der Waals surface area contributed by atoms with Crippen LogP contribution in [0, 0.1) is 0 Å². The average molecular weight is 332 g/mol. The van der Waals surface area contributed by atoms with Gasteiger partial charge in [-0.05, 0) is 37.6 Å². The summed E-state index contributed by atoms with van der Waals surface area (Å²) in [6.07, 6.45) is 3.57. The van der Waals surface area contributed by atoms with E-state index < -0.39 is 10.0 Å². The zero-order chi connectivity index (χ0) is 15.5. The Kier molecular flexibility index (Phi) is 5.08. The Labute approximate surface area is 129 Å². The van der Waals surface area contributed by atoms with Crippen molar-refractivity contribution in [3.05, 3.63) is 23.2 Å². The van der Waals surface area contributed by atoms with Crippen LogP contribution in [0.4, 0.5) is 11.4 Å². The first-order chi connectivity index (χ1) is 9.83. The molecule has 21 heavy (non-hydrogen) atoms. The van der Waals surface area contributed by atoms with Gasteiger partial charge < -0.3 is 10.6 Å². The van der Waals surface area contributed by atoms with Gasteiger partial charge in [-0.2, -0.15) is 0 Å². The van der Waals surface area contributed by atoms with Crippen molar-refractivity contribution in [1.82, 2.24) is 5.32 Å². The van der Waals surface area contributed by atoms with E-state index in [4.69, 9.17) is 11.6 Å². The topological polar surface area (TPSA) is 87.3 Å². The van der Waals surface area contributed by atoms with Crippen LogP contribution >= 0.6 is 11.6 Å². The Hall–Kier alpha value is -1.31. The van der Waals surface area contributed by atoms with Crippen molar-refractivity contribution < 1.29 is 13.2 Å². The first kappa shape index (κ1) is 16.1. The van der Waals surface area contributed by atoms with Crippen molar-refractivity contribution >= 4 is 38.9 Å². The minimum Gasteiger partial charge on any atom is -0.326 e. The summed E-state index contributed by atoms with van der Waals surface area (Å²) in [6, 6.07) is 4.88. The molecule has 1 atom stereocenters. The average Bonchev–Trinajstić information content (AvgIpc) is 2.84. The summed E-state index contributed by atoms with van der Waals surface area (Å²) in [6.45, 7) is 0.954. The number of anilines is 2. The van der Waals surface area contributed by atoms with Gasteiger partial charge in [0.1, 0.15) is 0 Å². The summed E-state index contributed by atoms with van der Waals surface area (Å²) >= 11 is 6.00. The minimum absolute atomic E-state index is 0.0886. The van der Waals surface area contributed by atoms with Gasteiger partial charge in [-0.15, -0.1) is 0 Å². The minimum atomic E-state index is -3.38. The van der Waals surface area contributed by atoms with Gasteiger partial charge in [0.05, 0.1) is 17.0 Å². The highest BCUT2D eigenvalue weighted by Gasteiger charge is 2.17. The molecule has 0 radical (unpaired) electrons. The molecule has 1 aromatic rings. The van der Waals surface area contributed by atoms with Gasteiger partial charge in [0.25, 0.3) is 0 Å². The predicted octanol–water partition coefficient (Wildman–Crippen LogP) is 1.79. The van der Waals surface area contributed by atoms with E-state index in [1.54, 1.807) is 6.07 Å². The smallest absolute Gasteiger partial charge is 0.229 e. The molecule has 1 aliphatic rings. The molecule has 116 valence electrons. The molecular formula is C13H18ClN3O3S. The highest BCUT2D eigenvalue weighted by Crippen LogP contribution is 2.26. The molecule has 2 rings (SSSR count). The molecule has 1 fully saturated rings. The van der Waals surface area contributed by atoms with Crippen LogP contribution < -0.4 is 15.4 Å². The molecule has 0 saturated carbocycles. The monoisotopic (exact) mass is 331 g/mol. The molecule has 1 heterocycles. The SMILES string of the molecule is CS(=O)(=O)Nc1ccc(NC(=O)CC2CCCN2)cc1Cl. The molecular weight excluding hydrogens is 314 g/mol. The van der Waals surface area contributed by atoms with E-state index in [9.17, 15) is 13.2 Å². The molecule has 8 heteroatoms. The van der Waals surface area contributed by atoms with Gasteiger partial charge in [-0.3, -0.25) is 9.52 Å². The maximum Gasteiger partial charge on any atom is 0.229 e. The van der Waals surface area contributed by atoms with E-state index in [0.717, 1.165) is 25.6 Å². The summed E-state index contributed by atoms with van der Waals surface area (Å²) in [7, 11) is -3.38. The summed E-state index contributed by atoms with van der Waals surface area (Å²) in [4.78, 5) is 11.9. The Morgan fingerprint density at radius 3 is 2.81 bits per heavy atom. The third kappa shape index (κ3) is 5.18. The van der Waals surface area contributed by atoms with E-state index in [2.05, 4.69) is 15.4 Å². The fourth-order valence-corrected chi connectivity index (χ4v) is 3.10. The van der Waals surface area contributed by atoms with E-state index in [0.29, 0.717) is 12.1 Å². The van der Waals surface area contributed by atoms with Crippen LogP contribution in [0.5, 0.6) is 0 Å². The molecule has 1 unspecified atom stereocenters. The van der Waals surface area contributed by atoms with Crippen LogP contribution in [0.3, 0.4) is 0 Å². The molecule has 0 aromatic heterocycles. The highest BCUT2D eigenvalue weighted by molar-refractivity contribution is 7.92. The van der Waals surface area contributed by atoms with Gasteiger partial charge in [0.2, 0.25) is 15.9 Å². The Bertz CT molecular complexity index is 628. The van der Waals surface area contributed by atoms with Crippen molar-refractivity contribution in [3.63, 3.8) is 0 Å². The van der Waals surface area contributed by atoms with Gasteiger partial charge in [-0.1, -0.05) is 11.6 Å². The quantitative estimate of drug-likeness (QED) is 0.767. The van der Waals surface area contributed by atoms with Crippen LogP contribution in [-0.4, -0.2) is 33.2 Å². The first-order valence-electron chi connectivity index (χ1n) is 6.64. The maximum absolute atomic E-state index is 11.9. The van der Waals surface area contributed by atoms with Crippen molar-refractivity contribution in [2.24, 2.45) is 0 Å². The number of sulfonamides is 1. The molecule has 0 spiro atoms. The molecule has 0 bridgehead atoms. The van der Waals surface area contributed by atoms with Crippen molar-refractivity contribution in [2.75, 3.05) is 22.8 Å². The summed E-state index contributed by atoms with van der Waals surface area (Å²) < 4.78 is 24.6. The van der Waals surface area contributed by atoms with Gasteiger partial charge in [0.15, 0.2) is 0 Å². The van der Waals surface area contributed by atoms with Gasteiger partial charge in [0, 0.05) is 18.2 Å². The third-order valence-corrected chi connectivity index (χ3v) is 4.05. The largest absolute Gasteiger partial charge is 0.326 e. The lowest BCUT2D eigenvalue weighted by Gasteiger charge is -2.12. The maximum atomic E-state index is 11.9. The van der Waals surface area contributed by atoms with E-state index in [-0.39, 0.29) is 22.7 Å². The van der Waals surface area contributed by atoms with Crippen molar-refractivity contribution in [1.29, 1.82) is 0 Å². The Balaban J connectivity index is 1.97. The number of benzene rings is 1. The van der Waals surface area contributed by atoms with E-state index in [1.807, 2.05) is 0 Å². The standard InChI is InChI=1S/C13H18ClN3O3S/c1-21(19,20)17-12-5-4-10(7-11(12)14)16-13(18)8-9-3-2-6-15-9/h4-5,7,9,15,17H,2-3,6,8H2,1H3,(H,16,18). The van der Waals surface area contributed by atoms with Crippen LogP contribution in [-0.2, 0) is 14.8 Å². The lowest BCUT2D eigenvalue weighted by atomic mass is 10.1. The number of carbonyl (C=O) groups excluding carboxylic acids is 1. The predicted molar refractivity (Wildman–Crippen MR) is 84.2 cm³/mol. The number of hydrogen-bond donors (Lipinski definition) is 3. The Morgan fingerprint density at radius 1 is 1.48 bits per heavy atom. The van der Waals surface area contributed by atoms with Gasteiger partial charge in [-0.25, -0.2) is 8.42 Å². The fraction of sp³-hybridized carbons (Fsp3) is 0.462. The van der Waals surface area contributed by atoms with E-state index in [1.165, 1.54) is 12.1 Å². The molecule has 1 aromatic carbocycles. The first-order valence-corrected chi connectivity index (χ1v) is 8.91. The van der Waals surface area contributed by atoms with Crippen molar-refractivity contribution in [2.45, 2.75) is 25.3 Å². The number of rotatable bonds is 5. The third-order valence-electron chi connectivity index (χ3n) is 3.14. The van der Waals surface area contributed by atoms with Gasteiger partial charge >= 0.3 is 0 Å². The number of carbonyl (C=O) groups is 1. The number of nitrogens with one attached hydrogen (secondary N) is 3. The summed E-state index contributed by atoms with van der Waals surface area (Å²) in [5.41, 5.74) is 0.830. The van der Waals surface area contributed by atoms with Crippen LogP contribution in [0.2, 0.25) is 5.02 Å². The molecule has 0 aliphatic carbocycles. The zero-order valence-electron chi connectivity index (χ0n) is 11.6. The second-order valence-corrected chi connectivity index (χ2v) is 7.27. The fourth-order valence-electron chi connectivity index (χ4n) is 2.24. The second-order valence-electron chi connectivity index (χ2n) is 5.11. The summed E-state index contributed by atoms with van der Waals surface area (Å²) in [5, 5.41) is 6.25. The summed E-state index contributed by atoms with van der Waals surface area (Å²) in [5.74, 6) is -0.0886. The molecule has 3 N–H and O–H groups in total. The lowest BCUT2D eigenvalue weighted by Crippen LogP contribution is -2.27. The molecule has 1 saturated heterocycles. The normalized spacial score (nSPS) is 18.5. The van der Waals surface area contributed by atoms with Crippen LogP contribution in [0.1, 0.15) is 19.3 Å². The Morgan fingerprint density at radius 2 is 2.24 bits per heavy atom. The van der Waals surface area contributed by atoms with Crippen LogP contribution in [0.15, 0.2) is 18.2 Å². The molecule has 6 nitrogen and oxygen atoms in total. The van der Waals surface area contributed by atoms with Crippen molar-refractivity contribution in [3.8, 4) is 0 Å². The van der Waals surface area contributed by atoms with Crippen LogP contribution in [0.25, 0.3) is 0 Å². The van der Waals surface area contributed by atoms with E-state index >= 15 is 0 Å². The number of hydrogen-bond acceptors (Lipinski definition) is 4. The zero-order valence-corrected chi connectivity index (χ0v) is 13.2. The molecule has 1 aliphatic heterocycles. The number of halogens is 1. The number of amides is 1.